The van der Waals surface area contributed by atoms with E-state index in [-0.39, 0.29) is 74.0 Å². The minimum atomic E-state index is -1.23. The number of rotatable bonds is 22. The molecule has 65 heavy (non-hydrogen) atoms. The molecule has 1 saturated carbocycles. The van der Waals surface area contributed by atoms with Crippen LogP contribution in [0.25, 0.3) is 0 Å². The first-order valence-electron chi connectivity index (χ1n) is 21.9. The van der Waals surface area contributed by atoms with Crippen molar-refractivity contribution in [1.29, 1.82) is 0 Å². The predicted octanol–water partition coefficient (Wildman–Crippen LogP) is -2.21. The minimum Gasteiger partial charge on any atom is -0.370 e. The van der Waals surface area contributed by atoms with Gasteiger partial charge in [-0.25, -0.2) is 0 Å². The predicted molar refractivity (Wildman–Crippen MR) is 248 cm³/mol. The summed E-state index contributed by atoms with van der Waals surface area (Å²) in [5.74, 6) is -4.61. The average Bonchev–Trinajstić information content (AvgIpc) is 3.77. The van der Waals surface area contributed by atoms with Crippen LogP contribution in [0.4, 0.5) is 0 Å². The Morgan fingerprint density at radius 3 is 2.00 bits per heavy atom. The molecule has 3 aliphatic rings. The number of nitrogens with two attached hydrogens (primary N) is 5. The molecule has 2 heterocycles. The number of aliphatic imine (C=N–C) groups is 2. The second-order valence-electron chi connectivity index (χ2n) is 16.2. The van der Waals surface area contributed by atoms with Crippen LogP contribution in [0.15, 0.2) is 40.3 Å². The number of nitrogens with one attached hydrogen (secondary N) is 6. The van der Waals surface area contributed by atoms with E-state index in [4.69, 9.17) is 28.7 Å². The van der Waals surface area contributed by atoms with Crippen molar-refractivity contribution in [2.24, 2.45) is 44.6 Å². The summed E-state index contributed by atoms with van der Waals surface area (Å²) in [4.78, 5) is 116. The van der Waals surface area contributed by atoms with Gasteiger partial charge in [0.05, 0.1) is 6.54 Å². The molecule has 6 atom stereocenters. The molecular weight excluding hydrogens is 881 g/mol. The van der Waals surface area contributed by atoms with E-state index < -0.39 is 84.1 Å². The third-order valence-corrected chi connectivity index (χ3v) is 13.6. The van der Waals surface area contributed by atoms with Crippen LogP contribution in [0, 0.1) is 5.92 Å². The van der Waals surface area contributed by atoms with Crippen molar-refractivity contribution in [3.05, 3.63) is 35.9 Å². The normalized spacial score (nSPS) is 20.2. The molecule has 1 aromatic rings. The molecule has 1 aliphatic carbocycles. The fourth-order valence-electron chi connectivity index (χ4n) is 7.79. The van der Waals surface area contributed by atoms with Gasteiger partial charge in [0, 0.05) is 36.7 Å². The number of carbonyl (C=O) groups is 8. The van der Waals surface area contributed by atoms with E-state index in [9.17, 15) is 38.4 Å². The number of carbonyl (C=O) groups excluding carboxylic acids is 8. The number of primary amides is 1. The summed E-state index contributed by atoms with van der Waals surface area (Å²) in [6, 6.07) is 2.31. The van der Waals surface area contributed by atoms with Crippen LogP contribution >= 0.6 is 21.6 Å². The van der Waals surface area contributed by atoms with E-state index in [1.807, 2.05) is 0 Å². The Balaban J connectivity index is 1.45. The number of likely N-dealkylation sites (tertiary alicyclic amines) is 1. The van der Waals surface area contributed by atoms with Gasteiger partial charge in [0.2, 0.25) is 41.4 Å². The van der Waals surface area contributed by atoms with Gasteiger partial charge in [0.1, 0.15) is 36.3 Å². The molecule has 3 fully saturated rings. The molecule has 0 aromatic heterocycles. The highest BCUT2D eigenvalue weighted by Crippen LogP contribution is 2.28. The van der Waals surface area contributed by atoms with Crippen molar-refractivity contribution in [3.8, 4) is 0 Å². The zero-order valence-electron chi connectivity index (χ0n) is 36.5. The van der Waals surface area contributed by atoms with Gasteiger partial charge in [-0.1, -0.05) is 71.9 Å². The number of amides is 8. The fraction of sp³-hybridized carbons (Fsp3) is 0.610. The largest absolute Gasteiger partial charge is 0.370 e. The molecular formula is C41H64N14O8S2. The standard InChI is InChI=1S/C41H64N14O8S2/c42-33(57)29-22-64-65-23-30(37(61)53-29)54-36(60)28(20-24-10-3-1-4-11-24)50-32(56)21-49-34(58)26(14-7-17-47-40(43)44)51-35(59)27(15-8-18-48-41(45)46)52-38(62)31-16-9-19-55(31)39(63)25-12-5-2-6-13-25/h2,5-6,12-13,24,26-31H,1,3-4,7-11,14-23H2,(H2,42,57)(H,49,58)(H,50,56)(H,51,59)(H,52,62)(H,53,61)(H,54,60)(H4,43,44,47)(H4,45,46,48)/t26-,27-,28+,29+,30+,31+/m1/s1. The number of hydrogen-bond donors (Lipinski definition) is 11. The van der Waals surface area contributed by atoms with Crippen molar-refractivity contribution in [1.82, 2.24) is 36.8 Å². The van der Waals surface area contributed by atoms with E-state index in [0.29, 0.717) is 31.4 Å². The van der Waals surface area contributed by atoms with E-state index in [0.717, 1.165) is 32.1 Å². The van der Waals surface area contributed by atoms with Gasteiger partial charge in [-0.2, -0.15) is 0 Å². The lowest BCUT2D eigenvalue weighted by Gasteiger charge is -2.29. The summed E-state index contributed by atoms with van der Waals surface area (Å²) < 4.78 is 0. The Labute approximate surface area is 386 Å². The molecule has 0 radical (unpaired) electrons. The van der Waals surface area contributed by atoms with Crippen LogP contribution in [0.2, 0.25) is 0 Å². The molecule has 0 unspecified atom stereocenters. The van der Waals surface area contributed by atoms with Crippen LogP contribution in [-0.4, -0.2) is 138 Å². The van der Waals surface area contributed by atoms with Gasteiger partial charge < -0.3 is 65.5 Å². The Bertz CT molecular complexity index is 1880. The summed E-state index contributed by atoms with van der Waals surface area (Å²) in [6.07, 6.45) is 6.55. The van der Waals surface area contributed by atoms with E-state index in [1.54, 1.807) is 30.3 Å². The van der Waals surface area contributed by atoms with Crippen molar-refractivity contribution < 1.29 is 38.4 Å². The van der Waals surface area contributed by atoms with Crippen molar-refractivity contribution in [3.63, 3.8) is 0 Å². The Morgan fingerprint density at radius 1 is 0.738 bits per heavy atom. The summed E-state index contributed by atoms with van der Waals surface area (Å²) in [7, 11) is 2.64. The number of hydrogen-bond acceptors (Lipinski definition) is 12. The Morgan fingerprint density at radius 2 is 1.37 bits per heavy atom. The molecule has 1 aromatic carbocycles. The first-order chi connectivity index (χ1) is 31.1. The molecule has 16 N–H and O–H groups in total. The quantitative estimate of drug-likeness (QED) is 0.0254. The fourth-order valence-corrected chi connectivity index (χ4v) is 10.1. The maximum atomic E-state index is 14.0. The lowest BCUT2D eigenvalue weighted by Crippen LogP contribution is -2.59. The molecule has 22 nitrogen and oxygen atoms in total. The Kier molecular flexibility index (Phi) is 21.4. The highest BCUT2D eigenvalue weighted by molar-refractivity contribution is 8.76. The first-order valence-corrected chi connectivity index (χ1v) is 24.4. The van der Waals surface area contributed by atoms with E-state index in [2.05, 4.69) is 41.9 Å². The van der Waals surface area contributed by atoms with Crippen LogP contribution in [0.3, 0.4) is 0 Å². The molecule has 0 spiro atoms. The van der Waals surface area contributed by atoms with Crippen LogP contribution in [-0.2, 0) is 33.6 Å². The van der Waals surface area contributed by atoms with Crippen molar-refractivity contribution >= 4 is 80.8 Å². The zero-order valence-corrected chi connectivity index (χ0v) is 38.1. The van der Waals surface area contributed by atoms with Gasteiger partial charge in [-0.05, 0) is 63.0 Å². The topological polar surface area (TPSA) is 367 Å². The minimum absolute atomic E-state index is 0.0235. The lowest BCUT2D eigenvalue weighted by molar-refractivity contribution is -0.134. The second kappa shape index (κ2) is 26.9. The number of benzene rings is 1. The van der Waals surface area contributed by atoms with Crippen molar-refractivity contribution in [2.45, 2.75) is 113 Å². The maximum absolute atomic E-state index is 14.0. The molecule has 2 aliphatic heterocycles. The highest BCUT2D eigenvalue weighted by Gasteiger charge is 2.37. The molecule has 358 valence electrons. The highest BCUT2D eigenvalue weighted by atomic mass is 33.1. The Hall–Kier alpha value is -5.78. The third kappa shape index (κ3) is 17.6. The molecule has 0 bridgehead atoms. The van der Waals surface area contributed by atoms with Gasteiger partial charge in [-0.15, -0.1) is 0 Å². The van der Waals surface area contributed by atoms with E-state index in [1.165, 1.54) is 26.5 Å². The molecule has 8 amide bonds. The van der Waals surface area contributed by atoms with Gasteiger partial charge >= 0.3 is 0 Å². The molecule has 2 saturated heterocycles. The summed E-state index contributed by atoms with van der Waals surface area (Å²) in [6.45, 7) is 0.0317. The maximum Gasteiger partial charge on any atom is 0.254 e. The zero-order chi connectivity index (χ0) is 47.3. The average molecular weight is 945 g/mol. The van der Waals surface area contributed by atoms with Gasteiger partial charge in [0.25, 0.3) is 5.91 Å². The summed E-state index contributed by atoms with van der Waals surface area (Å²) >= 11 is 0. The molecule has 4 rings (SSSR count). The third-order valence-electron chi connectivity index (χ3n) is 11.2. The SMILES string of the molecule is NC(=O)[C@@H]1CSSC[C@H](NC(=O)[C@H](CC2CCCCC2)NC(=O)CNC(=O)[C@@H](CCCN=C(N)N)NC(=O)[C@@H](CCCN=C(N)N)NC(=O)[C@@H]2CCCN2C(=O)c2ccccc2)C(=O)N1. The second-order valence-corrected chi connectivity index (χ2v) is 18.8. The molecule has 24 heteroatoms. The van der Waals surface area contributed by atoms with Crippen LogP contribution in [0.5, 0.6) is 0 Å². The summed E-state index contributed by atoms with van der Waals surface area (Å²) in [5, 5.41) is 16.1. The van der Waals surface area contributed by atoms with E-state index >= 15 is 0 Å². The lowest BCUT2D eigenvalue weighted by atomic mass is 9.84. The van der Waals surface area contributed by atoms with Crippen LogP contribution < -0.4 is 60.6 Å². The van der Waals surface area contributed by atoms with Crippen LogP contribution in [0.1, 0.15) is 87.4 Å². The van der Waals surface area contributed by atoms with Gasteiger partial charge in [-0.3, -0.25) is 48.3 Å². The monoisotopic (exact) mass is 944 g/mol. The first kappa shape index (κ1) is 51.9. The van der Waals surface area contributed by atoms with Crippen molar-refractivity contribution in [2.75, 3.05) is 37.7 Å². The van der Waals surface area contributed by atoms with Gasteiger partial charge in [0.15, 0.2) is 11.9 Å². The number of guanidine groups is 2. The summed E-state index contributed by atoms with van der Waals surface area (Å²) in [5.41, 5.74) is 27.8. The number of nitrogens with zero attached hydrogens (tertiary/aromatic N) is 3. The smallest absolute Gasteiger partial charge is 0.254 e.